The van der Waals surface area contributed by atoms with Crippen molar-refractivity contribution in [3.05, 3.63) is 29.1 Å². The molecule has 39 heavy (non-hydrogen) atoms. The zero-order valence-electron chi connectivity index (χ0n) is 25.4. The molecule has 0 amide bonds. The van der Waals surface area contributed by atoms with E-state index < -0.39 is 7.81 Å². The number of rotatable bonds is 22. The van der Waals surface area contributed by atoms with Crippen LogP contribution in [0.25, 0.3) is 0 Å². The Morgan fingerprint density at radius 1 is 0.513 bits per heavy atom. The summed E-state index contributed by atoms with van der Waals surface area (Å²) in [6, 6.07) is 4.83. The van der Waals surface area contributed by atoms with Crippen LogP contribution in [0, 0.1) is 13.8 Å². The molecule has 1 aromatic heterocycles. The molecule has 234 valence electrons. The first-order valence-corrected chi connectivity index (χ1v) is 17.7. The van der Waals surface area contributed by atoms with Gasteiger partial charge in [0, 0.05) is 31.9 Å². The molecule has 0 spiro atoms. The van der Waals surface area contributed by atoms with Crippen molar-refractivity contribution < 1.29 is 29.7 Å². The van der Waals surface area contributed by atoms with Gasteiger partial charge in [0.25, 0.3) is 0 Å². The molecule has 0 bridgehead atoms. The van der Waals surface area contributed by atoms with Crippen LogP contribution < -0.4 is 4.57 Å². The van der Waals surface area contributed by atoms with Gasteiger partial charge in [-0.2, -0.15) is 0 Å². The number of aromatic nitrogens is 1. The molecule has 8 heteroatoms. The Hall–Kier alpha value is -0.840. The Bertz CT molecular complexity index is 738. The van der Waals surface area contributed by atoms with Gasteiger partial charge >= 0.3 is 33.0 Å². The Balaban J connectivity index is 0.00000181. The van der Waals surface area contributed by atoms with Crippen LogP contribution in [-0.4, -0.2) is 0 Å². The van der Waals surface area contributed by atoms with Gasteiger partial charge in [0.15, 0.2) is 11.4 Å². The Morgan fingerprint density at radius 3 is 1.23 bits per heavy atom. The Labute approximate surface area is 235 Å². The van der Waals surface area contributed by atoms with Crippen molar-refractivity contribution in [3.8, 4) is 0 Å². The summed E-state index contributed by atoms with van der Waals surface area (Å²) in [5.74, 6) is 0. The van der Waals surface area contributed by atoms with Crippen molar-refractivity contribution >= 4 is 7.81 Å². The molecule has 0 fully saturated rings. The first kappa shape index (κ1) is 38.2. The van der Waals surface area contributed by atoms with Crippen molar-refractivity contribution in [3.63, 3.8) is 0 Å². The van der Waals surface area contributed by atoms with E-state index in [2.05, 4.69) is 44.4 Å². The number of aryl methyl sites for hydroxylation is 3. The van der Waals surface area contributed by atoms with Gasteiger partial charge in [-0.15, -0.1) is 0 Å². The third-order valence-electron chi connectivity index (χ3n) is 7.13. The van der Waals surface area contributed by atoms with E-state index in [1.165, 1.54) is 153 Å². The molecule has 1 heterocycles. The fourth-order valence-electron chi connectivity index (χ4n) is 5.09. The normalized spacial score (nSPS) is 13.5. The summed E-state index contributed by atoms with van der Waals surface area (Å²) in [7, 11) is -10.7. The molecule has 1 nitrogen and oxygen atoms in total. The summed E-state index contributed by atoms with van der Waals surface area (Å²) in [5, 5.41) is 0. The predicted octanol–water partition coefficient (Wildman–Crippen LogP) is 13.4. The maximum atomic E-state index is 9.87. The molecule has 0 unspecified atom stereocenters. The van der Waals surface area contributed by atoms with E-state index in [1.807, 2.05) is 0 Å². The van der Waals surface area contributed by atoms with E-state index in [0.29, 0.717) is 0 Å². The number of hydrogen-bond acceptors (Lipinski definition) is 0. The maximum absolute atomic E-state index is 10.7. The molecule has 1 aromatic rings. The minimum atomic E-state index is -10.7. The van der Waals surface area contributed by atoms with E-state index in [1.54, 1.807) is 5.69 Å². The van der Waals surface area contributed by atoms with Gasteiger partial charge in [-0.05, 0) is 25.3 Å². The van der Waals surface area contributed by atoms with Crippen molar-refractivity contribution in [2.45, 2.75) is 169 Å². The molecular weight excluding hydrogens is 531 g/mol. The average Bonchev–Trinajstić information content (AvgIpc) is 2.80. The Morgan fingerprint density at radius 2 is 0.846 bits per heavy atom. The van der Waals surface area contributed by atoms with E-state index in [-0.39, 0.29) is 0 Å². The SMILES string of the molecule is CCCCCCCCCCCCc1cc(C)cc(C)[n+]1CCCCCCCCCCCC.F[P-](F)(F)(F)(F)F. The van der Waals surface area contributed by atoms with E-state index >= 15 is 0 Å². The van der Waals surface area contributed by atoms with Crippen molar-refractivity contribution in [1.82, 2.24) is 0 Å². The second-order valence-corrected chi connectivity index (χ2v) is 13.3. The number of halogens is 6. The molecule has 0 aliphatic rings. The van der Waals surface area contributed by atoms with Crippen molar-refractivity contribution in [2.24, 2.45) is 0 Å². The predicted molar refractivity (Wildman–Crippen MR) is 157 cm³/mol. The molecule has 0 radical (unpaired) electrons. The van der Waals surface area contributed by atoms with Crippen molar-refractivity contribution in [2.75, 3.05) is 0 Å². The summed E-state index contributed by atoms with van der Waals surface area (Å²) in [4.78, 5) is 0. The van der Waals surface area contributed by atoms with Crippen LogP contribution in [0.1, 0.15) is 159 Å². The third-order valence-corrected chi connectivity index (χ3v) is 7.13. The number of hydrogen-bond donors (Lipinski definition) is 0. The molecule has 0 aliphatic carbocycles. The van der Waals surface area contributed by atoms with Gasteiger partial charge in [-0.3, -0.25) is 0 Å². The molecule has 0 N–H and O–H groups in total. The second kappa shape index (κ2) is 19.3. The van der Waals surface area contributed by atoms with E-state index in [9.17, 15) is 25.2 Å². The standard InChI is InChI=1S/C31H58N.F6P/c1-5-7-9-11-13-15-17-19-21-23-25-31-28-29(3)27-30(4)32(31)26-24-22-20-18-16-14-12-10-8-6-2;1-7(2,3,4,5)6/h27-28H,5-26H2,1-4H3;/q+1;-1. The van der Waals surface area contributed by atoms with Crippen LogP contribution >= 0.6 is 7.81 Å². The summed E-state index contributed by atoms with van der Waals surface area (Å²) < 4.78 is 61.8. The van der Waals surface area contributed by atoms with E-state index in [0.717, 1.165) is 0 Å². The van der Waals surface area contributed by atoms with Crippen LogP contribution in [0.3, 0.4) is 0 Å². The van der Waals surface area contributed by atoms with Gasteiger partial charge in [-0.25, -0.2) is 4.57 Å². The fourth-order valence-corrected chi connectivity index (χ4v) is 5.09. The molecule has 1 rings (SSSR count). The third kappa shape index (κ3) is 30.0. The quantitative estimate of drug-likeness (QED) is 0.0548. The summed E-state index contributed by atoms with van der Waals surface area (Å²) >= 11 is 0. The molecule has 0 aliphatic heterocycles. The van der Waals surface area contributed by atoms with Gasteiger partial charge in [0.1, 0.15) is 6.54 Å². The first-order chi connectivity index (χ1) is 18.1. The van der Waals surface area contributed by atoms with Crippen LogP contribution in [0.4, 0.5) is 25.2 Å². The summed E-state index contributed by atoms with van der Waals surface area (Å²) in [5.41, 5.74) is 4.48. The molecule has 0 aromatic carbocycles. The zero-order valence-corrected chi connectivity index (χ0v) is 26.3. The monoisotopic (exact) mass is 589 g/mol. The first-order valence-electron chi connectivity index (χ1n) is 15.7. The van der Waals surface area contributed by atoms with Gasteiger partial charge in [-0.1, -0.05) is 123 Å². The van der Waals surface area contributed by atoms with E-state index in [4.69, 9.17) is 0 Å². The number of unbranched alkanes of at least 4 members (excludes halogenated alkanes) is 18. The fraction of sp³-hybridized carbons (Fsp3) is 0.839. The molecule has 0 atom stereocenters. The molecule has 0 saturated heterocycles. The Kier molecular flexibility index (Phi) is 18.9. The minimum absolute atomic E-state index is 1.22. The topological polar surface area (TPSA) is 3.88 Å². The van der Waals surface area contributed by atoms with Gasteiger partial charge < -0.3 is 0 Å². The van der Waals surface area contributed by atoms with Crippen molar-refractivity contribution in [1.29, 1.82) is 0 Å². The number of pyridine rings is 1. The summed E-state index contributed by atoms with van der Waals surface area (Å²) in [6.45, 7) is 10.4. The molecular formula is C31H58F6NP. The van der Waals surface area contributed by atoms with Crippen LogP contribution in [0.15, 0.2) is 12.1 Å². The summed E-state index contributed by atoms with van der Waals surface area (Å²) in [6.07, 6.45) is 29.7. The number of nitrogens with zero attached hydrogens (tertiary/aromatic N) is 1. The van der Waals surface area contributed by atoms with Gasteiger partial charge in [0.2, 0.25) is 0 Å². The van der Waals surface area contributed by atoms with Crippen LogP contribution in [0.2, 0.25) is 0 Å². The average molecular weight is 590 g/mol. The van der Waals surface area contributed by atoms with Crippen LogP contribution in [0.5, 0.6) is 0 Å². The second-order valence-electron chi connectivity index (χ2n) is 11.4. The van der Waals surface area contributed by atoms with Gasteiger partial charge in [0.05, 0.1) is 0 Å². The van der Waals surface area contributed by atoms with Crippen LogP contribution in [-0.2, 0) is 13.0 Å². The molecule has 0 saturated carbocycles. The zero-order chi connectivity index (χ0) is 29.7.